The molecule has 1 aromatic rings. The van der Waals surface area contributed by atoms with Crippen molar-refractivity contribution in [3.63, 3.8) is 0 Å². The Hall–Kier alpha value is -2.69. The number of methoxy groups -OCH3 is 1. The summed E-state index contributed by atoms with van der Waals surface area (Å²) in [6.07, 6.45) is -1.65. The Bertz CT molecular complexity index is 606. The molecule has 1 unspecified atom stereocenters. The average molecular weight is 380 g/mol. The first-order chi connectivity index (χ1) is 12.0. The summed E-state index contributed by atoms with van der Waals surface area (Å²) in [5.74, 6) is -2.88. The summed E-state index contributed by atoms with van der Waals surface area (Å²) < 4.78 is 38.9. The number of nitrogens with one attached hydrogen (secondary N) is 1. The topological polar surface area (TPSA) is 113 Å². The summed E-state index contributed by atoms with van der Waals surface area (Å²) >= 11 is 0. The first-order valence-electron chi connectivity index (χ1n) is 7.29. The highest BCUT2D eigenvalue weighted by molar-refractivity contribution is 5.93. The molecule has 3 N–H and O–H groups in total. The number of rotatable bonds is 7. The molecule has 1 heterocycles. The number of hydrogen-bond donors (Lipinski definition) is 3. The second kappa shape index (κ2) is 11.0. The molecule has 0 aliphatic heterocycles. The van der Waals surface area contributed by atoms with Crippen LogP contribution in [0.3, 0.4) is 0 Å². The number of ether oxygens (including phenoxy) is 1. The first kappa shape index (κ1) is 23.3. The smallest absolute Gasteiger partial charge is 0.448 e. The van der Waals surface area contributed by atoms with Gasteiger partial charge in [0.1, 0.15) is 12.6 Å². The lowest BCUT2D eigenvalue weighted by atomic mass is 10.2. The summed E-state index contributed by atoms with van der Waals surface area (Å²) in [4.78, 5) is 22.2. The van der Waals surface area contributed by atoms with Crippen molar-refractivity contribution in [2.45, 2.75) is 32.1 Å². The zero-order valence-corrected chi connectivity index (χ0v) is 14.3. The van der Waals surface area contributed by atoms with Gasteiger partial charge in [-0.3, -0.25) is 9.59 Å². The van der Waals surface area contributed by atoms with Crippen molar-refractivity contribution in [1.82, 2.24) is 10.4 Å². The molecule has 11 heteroatoms. The van der Waals surface area contributed by atoms with Gasteiger partial charge in [0.15, 0.2) is 18.5 Å². The SMILES string of the molecule is C=C(O)C(F)(F)F.COCC(C)NC(=O)c1cc[n+](CCC(=O)O)nc1. The van der Waals surface area contributed by atoms with Crippen LogP contribution in [0.2, 0.25) is 0 Å². The van der Waals surface area contributed by atoms with Crippen LogP contribution in [0.4, 0.5) is 13.2 Å². The number of carbonyl (C=O) groups excluding carboxylic acids is 1. The molecule has 1 atom stereocenters. The van der Waals surface area contributed by atoms with Crippen molar-refractivity contribution in [2.24, 2.45) is 0 Å². The van der Waals surface area contributed by atoms with Crippen LogP contribution >= 0.6 is 0 Å². The van der Waals surface area contributed by atoms with E-state index in [1.54, 1.807) is 19.4 Å². The lowest BCUT2D eigenvalue weighted by molar-refractivity contribution is -0.753. The molecule has 0 aliphatic rings. The van der Waals surface area contributed by atoms with Gasteiger partial charge in [-0.2, -0.15) is 13.2 Å². The fraction of sp³-hybridized carbons (Fsp3) is 0.467. The minimum atomic E-state index is -4.64. The van der Waals surface area contributed by atoms with Crippen LogP contribution in [0, 0.1) is 0 Å². The van der Waals surface area contributed by atoms with E-state index < -0.39 is 17.9 Å². The predicted molar refractivity (Wildman–Crippen MR) is 83.3 cm³/mol. The maximum absolute atomic E-state index is 11.8. The van der Waals surface area contributed by atoms with Gasteiger partial charge in [-0.1, -0.05) is 11.3 Å². The highest BCUT2D eigenvalue weighted by Crippen LogP contribution is 2.20. The summed E-state index contributed by atoms with van der Waals surface area (Å²) in [6, 6.07) is 1.51. The van der Waals surface area contributed by atoms with E-state index in [9.17, 15) is 22.8 Å². The largest absolute Gasteiger partial charge is 0.505 e. The first-order valence-corrected chi connectivity index (χ1v) is 7.29. The third-order valence-corrected chi connectivity index (χ3v) is 2.71. The molecule has 0 spiro atoms. The molecule has 0 fully saturated rings. The number of amides is 1. The maximum atomic E-state index is 11.8. The minimum absolute atomic E-state index is 0.00587. The third-order valence-electron chi connectivity index (χ3n) is 2.71. The van der Waals surface area contributed by atoms with Crippen molar-refractivity contribution in [2.75, 3.05) is 13.7 Å². The van der Waals surface area contributed by atoms with E-state index in [0.717, 1.165) is 0 Å². The number of aliphatic hydroxyl groups is 1. The molecule has 0 aromatic carbocycles. The second-order valence-electron chi connectivity index (χ2n) is 5.10. The lowest BCUT2D eigenvalue weighted by Crippen LogP contribution is -2.40. The van der Waals surface area contributed by atoms with Gasteiger partial charge >= 0.3 is 12.1 Å². The minimum Gasteiger partial charge on any atom is -0.505 e. The molecule has 26 heavy (non-hydrogen) atoms. The number of nitrogens with zero attached hydrogens (tertiary/aromatic N) is 2. The number of hydrogen-bond acceptors (Lipinski definition) is 5. The Morgan fingerprint density at radius 3 is 2.38 bits per heavy atom. The van der Waals surface area contributed by atoms with Crippen LogP contribution < -0.4 is 10.00 Å². The molecule has 1 aromatic heterocycles. The molecular weight excluding hydrogens is 359 g/mol. The molecule has 0 bridgehead atoms. The number of alkyl halides is 3. The van der Waals surface area contributed by atoms with E-state index >= 15 is 0 Å². The quantitative estimate of drug-likeness (QED) is 0.484. The van der Waals surface area contributed by atoms with Crippen LogP contribution in [-0.4, -0.2) is 53.1 Å². The Morgan fingerprint density at radius 2 is 2.00 bits per heavy atom. The van der Waals surface area contributed by atoms with Gasteiger partial charge in [-0.15, -0.1) is 0 Å². The van der Waals surface area contributed by atoms with Gasteiger partial charge in [-0.05, 0) is 12.0 Å². The Kier molecular flexibility index (Phi) is 9.89. The molecule has 0 aliphatic carbocycles. The average Bonchev–Trinajstić information content (AvgIpc) is 2.53. The molecule has 1 amide bonds. The van der Waals surface area contributed by atoms with Crippen molar-refractivity contribution >= 4 is 11.9 Å². The number of carbonyl (C=O) groups is 2. The van der Waals surface area contributed by atoms with Crippen LogP contribution in [0.25, 0.3) is 0 Å². The highest BCUT2D eigenvalue weighted by atomic mass is 19.4. The summed E-state index contributed by atoms with van der Waals surface area (Å²) in [7, 11) is 1.57. The van der Waals surface area contributed by atoms with Crippen LogP contribution in [0.5, 0.6) is 0 Å². The lowest BCUT2D eigenvalue weighted by Gasteiger charge is -2.11. The van der Waals surface area contributed by atoms with Gasteiger partial charge in [0.2, 0.25) is 0 Å². The van der Waals surface area contributed by atoms with E-state index in [4.69, 9.17) is 14.9 Å². The molecule has 0 saturated carbocycles. The summed E-state index contributed by atoms with van der Waals surface area (Å²) in [5, 5.41) is 22.9. The number of aromatic nitrogens is 2. The molecule has 1 rings (SSSR count). The van der Waals surface area contributed by atoms with E-state index in [-0.39, 0.29) is 24.9 Å². The van der Waals surface area contributed by atoms with Gasteiger partial charge in [0.05, 0.1) is 12.2 Å². The normalized spacial score (nSPS) is 11.7. The predicted octanol–water partition coefficient (Wildman–Crippen LogP) is 1.23. The van der Waals surface area contributed by atoms with Crippen molar-refractivity contribution < 1.29 is 42.4 Å². The third kappa shape index (κ3) is 10.2. The van der Waals surface area contributed by atoms with Crippen molar-refractivity contribution in [3.05, 3.63) is 36.4 Å². The molecule has 146 valence electrons. The fourth-order valence-corrected chi connectivity index (χ4v) is 1.46. The number of aliphatic carboxylic acids is 1. The number of carboxylic acids is 1. The maximum Gasteiger partial charge on any atom is 0.448 e. The summed E-state index contributed by atoms with van der Waals surface area (Å²) in [6.45, 7) is 4.81. The van der Waals surface area contributed by atoms with Crippen molar-refractivity contribution in [1.29, 1.82) is 0 Å². The van der Waals surface area contributed by atoms with E-state index in [2.05, 4.69) is 17.0 Å². The standard InChI is InChI=1S/C12H17N3O4.C3H3F3O/c1-9(8-19-2)14-12(18)10-3-5-15(13-7-10)6-4-11(16)17;1-2(7)3(4,5)6/h3,5,7,9H,4,6,8H2,1-2H3,(H-,14,16,17,18);7H,1H2/p+1. The van der Waals surface area contributed by atoms with E-state index in [1.807, 2.05) is 6.92 Å². The van der Waals surface area contributed by atoms with Crippen LogP contribution in [0.1, 0.15) is 23.7 Å². The summed E-state index contributed by atoms with van der Waals surface area (Å²) in [5.41, 5.74) is 0.425. The van der Waals surface area contributed by atoms with Gasteiger partial charge in [0.25, 0.3) is 5.91 Å². The Labute approximate surface area is 147 Å². The van der Waals surface area contributed by atoms with Crippen molar-refractivity contribution in [3.8, 4) is 0 Å². The number of aliphatic hydroxyl groups excluding tert-OH is 1. The Balaban J connectivity index is 0.000000758. The van der Waals surface area contributed by atoms with E-state index in [0.29, 0.717) is 12.2 Å². The van der Waals surface area contributed by atoms with Crippen LogP contribution in [-0.2, 0) is 16.1 Å². The zero-order chi connectivity index (χ0) is 20.3. The Morgan fingerprint density at radius 1 is 1.42 bits per heavy atom. The second-order valence-corrected chi connectivity index (χ2v) is 5.10. The van der Waals surface area contributed by atoms with E-state index in [1.165, 1.54) is 10.9 Å². The number of allylic oxidation sites excluding steroid dienone is 1. The fourth-order valence-electron chi connectivity index (χ4n) is 1.46. The number of aryl methyl sites for hydroxylation is 1. The number of carboxylic acid groups (broad SMARTS) is 1. The molecule has 8 nitrogen and oxygen atoms in total. The molecule has 0 radical (unpaired) electrons. The monoisotopic (exact) mass is 380 g/mol. The van der Waals surface area contributed by atoms with Crippen LogP contribution in [0.15, 0.2) is 30.8 Å². The molecular formula is C15H21F3N3O5+. The highest BCUT2D eigenvalue weighted by Gasteiger charge is 2.31. The zero-order valence-electron chi connectivity index (χ0n) is 14.3. The number of halogens is 3. The van der Waals surface area contributed by atoms with Gasteiger partial charge in [-0.25, -0.2) is 0 Å². The van der Waals surface area contributed by atoms with Gasteiger partial charge < -0.3 is 20.3 Å². The molecule has 0 saturated heterocycles. The van der Waals surface area contributed by atoms with Gasteiger partial charge in [0, 0.05) is 19.2 Å².